The number of hydrogen-bond acceptors (Lipinski definition) is 4. The van der Waals surface area contributed by atoms with Gasteiger partial charge in [0.15, 0.2) is 0 Å². The van der Waals surface area contributed by atoms with Gasteiger partial charge in [-0.25, -0.2) is 4.68 Å². The van der Waals surface area contributed by atoms with E-state index < -0.39 is 0 Å². The van der Waals surface area contributed by atoms with E-state index in [1.165, 1.54) is 0 Å². The van der Waals surface area contributed by atoms with Gasteiger partial charge in [0.25, 0.3) is 0 Å². The quantitative estimate of drug-likeness (QED) is 0.498. The molecule has 1 aliphatic rings. The smallest absolute Gasteiger partial charge is 0.227 e. The number of amides is 1. The molecule has 2 aromatic carbocycles. The minimum Gasteiger partial charge on any atom is -0.487 e. The highest BCUT2D eigenvalue weighted by atomic mass is 16.5. The van der Waals surface area contributed by atoms with Gasteiger partial charge in [0.1, 0.15) is 18.1 Å². The first-order chi connectivity index (χ1) is 14.7. The Labute approximate surface area is 174 Å². The first-order valence-corrected chi connectivity index (χ1v) is 10.1. The van der Waals surface area contributed by atoms with Crippen molar-refractivity contribution >= 4 is 16.8 Å². The molecule has 0 spiro atoms. The largest absolute Gasteiger partial charge is 0.487 e. The summed E-state index contributed by atoms with van der Waals surface area (Å²) in [5.41, 5.74) is 3.00. The summed E-state index contributed by atoms with van der Waals surface area (Å²) in [4.78, 5) is 14.6. The molecule has 5 rings (SSSR count). The Bertz CT molecular complexity index is 1170. The third-order valence-corrected chi connectivity index (χ3v) is 5.60. The zero-order chi connectivity index (χ0) is 20.5. The van der Waals surface area contributed by atoms with Gasteiger partial charge in [0.2, 0.25) is 5.91 Å². The lowest BCUT2D eigenvalue weighted by Gasteiger charge is -2.38. The van der Waals surface area contributed by atoms with Crippen molar-refractivity contribution in [3.8, 4) is 5.75 Å². The van der Waals surface area contributed by atoms with E-state index in [0.29, 0.717) is 26.1 Å². The Morgan fingerprint density at radius 3 is 2.67 bits per heavy atom. The summed E-state index contributed by atoms with van der Waals surface area (Å²) in [5, 5.41) is 9.55. The van der Waals surface area contributed by atoms with Gasteiger partial charge in [0.05, 0.1) is 18.7 Å². The van der Waals surface area contributed by atoms with Crippen molar-refractivity contribution in [2.24, 2.45) is 7.05 Å². The highest BCUT2D eigenvalue weighted by Crippen LogP contribution is 2.25. The SMILES string of the molecule is Cn1cc(CC(=O)N2CC(n3cc(COc4ccccc4)nn3)C2)c2ccccc21. The van der Waals surface area contributed by atoms with E-state index in [1.54, 1.807) is 0 Å². The van der Waals surface area contributed by atoms with Crippen LogP contribution in [0.5, 0.6) is 5.75 Å². The second-order valence-electron chi connectivity index (χ2n) is 7.70. The number of benzene rings is 2. The van der Waals surface area contributed by atoms with E-state index in [9.17, 15) is 4.79 Å². The van der Waals surface area contributed by atoms with E-state index >= 15 is 0 Å². The van der Waals surface area contributed by atoms with Crippen molar-refractivity contribution in [3.63, 3.8) is 0 Å². The second-order valence-corrected chi connectivity index (χ2v) is 7.70. The lowest BCUT2D eigenvalue weighted by Crippen LogP contribution is -2.51. The molecular formula is C23H23N5O2. The van der Waals surface area contributed by atoms with Crippen molar-refractivity contribution in [3.05, 3.63) is 78.2 Å². The molecule has 0 saturated carbocycles. The maximum Gasteiger partial charge on any atom is 0.227 e. The lowest BCUT2D eigenvalue weighted by atomic mass is 10.1. The summed E-state index contributed by atoms with van der Waals surface area (Å²) in [6.07, 6.45) is 4.37. The van der Waals surface area contributed by atoms with E-state index in [1.807, 2.05) is 65.3 Å². The minimum atomic E-state index is 0.148. The fraction of sp³-hybridized carbons (Fsp3) is 0.261. The third kappa shape index (κ3) is 3.54. The number of aryl methyl sites for hydroxylation is 1. The molecule has 1 amide bonds. The molecule has 2 aromatic heterocycles. The van der Waals surface area contributed by atoms with Crippen LogP contribution >= 0.6 is 0 Å². The van der Waals surface area contributed by atoms with Gasteiger partial charge < -0.3 is 14.2 Å². The Kier molecular flexibility index (Phi) is 4.71. The molecule has 0 N–H and O–H groups in total. The molecule has 7 nitrogen and oxygen atoms in total. The number of likely N-dealkylation sites (tertiary alicyclic amines) is 1. The predicted molar refractivity (Wildman–Crippen MR) is 113 cm³/mol. The number of para-hydroxylation sites is 2. The summed E-state index contributed by atoms with van der Waals surface area (Å²) < 4.78 is 9.63. The van der Waals surface area contributed by atoms with Crippen LogP contribution in [-0.4, -0.2) is 43.5 Å². The number of hydrogen-bond donors (Lipinski definition) is 0. The normalized spacial score (nSPS) is 14.1. The van der Waals surface area contributed by atoms with Gasteiger partial charge in [-0.1, -0.05) is 41.6 Å². The zero-order valence-corrected chi connectivity index (χ0v) is 16.8. The number of nitrogens with zero attached hydrogens (tertiary/aromatic N) is 5. The number of ether oxygens (including phenoxy) is 1. The van der Waals surface area contributed by atoms with Crippen molar-refractivity contribution in [2.75, 3.05) is 13.1 Å². The molecule has 3 heterocycles. The van der Waals surface area contributed by atoms with Crippen molar-refractivity contribution in [2.45, 2.75) is 19.1 Å². The third-order valence-electron chi connectivity index (χ3n) is 5.60. The van der Waals surface area contributed by atoms with Gasteiger partial charge in [-0.2, -0.15) is 0 Å². The zero-order valence-electron chi connectivity index (χ0n) is 16.8. The summed E-state index contributed by atoms with van der Waals surface area (Å²) in [6.45, 7) is 1.69. The standard InChI is InChI=1S/C23H23N5O2/c1-26-12-17(21-9-5-6-10-22(21)26)11-23(29)27-14-19(15-27)28-13-18(24-25-28)16-30-20-7-3-2-4-8-20/h2-10,12-13,19H,11,14-16H2,1H3. The molecule has 0 unspecified atom stereocenters. The number of carbonyl (C=O) groups excluding carboxylic acids is 1. The van der Waals surface area contributed by atoms with E-state index in [2.05, 4.69) is 33.2 Å². The molecule has 1 fully saturated rings. The Morgan fingerprint density at radius 2 is 1.83 bits per heavy atom. The molecule has 0 radical (unpaired) electrons. The molecule has 152 valence electrons. The average Bonchev–Trinajstić information content (AvgIpc) is 3.31. The van der Waals surface area contributed by atoms with Crippen LogP contribution in [0.2, 0.25) is 0 Å². The summed E-state index contributed by atoms with van der Waals surface area (Å²) in [6, 6.07) is 18.0. The van der Waals surface area contributed by atoms with Crippen LogP contribution in [0.4, 0.5) is 0 Å². The Balaban J connectivity index is 1.16. The molecule has 1 saturated heterocycles. The molecular weight excluding hydrogens is 378 g/mol. The molecule has 0 bridgehead atoms. The van der Waals surface area contributed by atoms with Gasteiger partial charge in [-0.3, -0.25) is 4.79 Å². The minimum absolute atomic E-state index is 0.148. The van der Waals surface area contributed by atoms with Gasteiger partial charge in [0, 0.05) is 37.2 Å². The molecule has 0 aliphatic carbocycles. The fourth-order valence-corrected chi connectivity index (χ4v) is 3.90. The maximum absolute atomic E-state index is 12.7. The monoisotopic (exact) mass is 401 g/mol. The number of rotatable bonds is 6. The van der Waals surface area contributed by atoms with Crippen molar-refractivity contribution in [1.29, 1.82) is 0 Å². The lowest BCUT2D eigenvalue weighted by molar-refractivity contribution is -0.136. The number of carbonyl (C=O) groups is 1. The summed E-state index contributed by atoms with van der Waals surface area (Å²) in [7, 11) is 2.01. The van der Waals surface area contributed by atoms with Gasteiger partial charge >= 0.3 is 0 Å². The van der Waals surface area contributed by atoms with Crippen LogP contribution in [-0.2, 0) is 24.9 Å². The van der Waals surface area contributed by atoms with Crippen molar-refractivity contribution in [1.82, 2.24) is 24.5 Å². The van der Waals surface area contributed by atoms with Crippen LogP contribution in [0.15, 0.2) is 67.0 Å². The number of aromatic nitrogens is 4. The molecule has 7 heteroatoms. The van der Waals surface area contributed by atoms with Crippen LogP contribution in [0.3, 0.4) is 0 Å². The van der Waals surface area contributed by atoms with E-state index in [0.717, 1.165) is 27.9 Å². The van der Waals surface area contributed by atoms with Gasteiger partial charge in [-0.05, 0) is 23.8 Å². The second kappa shape index (κ2) is 7.67. The molecule has 30 heavy (non-hydrogen) atoms. The first-order valence-electron chi connectivity index (χ1n) is 10.1. The molecule has 1 aliphatic heterocycles. The topological polar surface area (TPSA) is 65.2 Å². The van der Waals surface area contributed by atoms with Crippen LogP contribution in [0.1, 0.15) is 17.3 Å². The van der Waals surface area contributed by atoms with Crippen LogP contribution in [0.25, 0.3) is 10.9 Å². The maximum atomic E-state index is 12.7. The molecule has 0 atom stereocenters. The number of fused-ring (bicyclic) bond motifs is 1. The predicted octanol–water partition coefficient (Wildman–Crippen LogP) is 2.97. The Morgan fingerprint density at radius 1 is 1.07 bits per heavy atom. The van der Waals surface area contributed by atoms with E-state index in [4.69, 9.17) is 4.74 Å². The Hall–Kier alpha value is -3.61. The highest BCUT2D eigenvalue weighted by molar-refractivity contribution is 5.89. The summed E-state index contributed by atoms with van der Waals surface area (Å²) in [5.74, 6) is 0.955. The van der Waals surface area contributed by atoms with Crippen molar-refractivity contribution < 1.29 is 9.53 Å². The summed E-state index contributed by atoms with van der Waals surface area (Å²) >= 11 is 0. The first kappa shape index (κ1) is 18.4. The van der Waals surface area contributed by atoms with E-state index in [-0.39, 0.29) is 11.9 Å². The fourth-order valence-electron chi connectivity index (χ4n) is 3.90. The molecule has 4 aromatic rings. The average molecular weight is 401 g/mol. The van der Waals surface area contributed by atoms with Crippen LogP contribution in [0, 0.1) is 0 Å². The van der Waals surface area contributed by atoms with Crippen LogP contribution < -0.4 is 4.74 Å². The highest BCUT2D eigenvalue weighted by Gasteiger charge is 2.33. The van der Waals surface area contributed by atoms with Gasteiger partial charge in [-0.15, -0.1) is 5.10 Å².